The van der Waals surface area contributed by atoms with Crippen molar-refractivity contribution in [1.82, 2.24) is 4.98 Å². The minimum absolute atomic E-state index is 0.142. The van der Waals surface area contributed by atoms with Gasteiger partial charge in [-0.05, 0) is 55.8 Å². The van der Waals surface area contributed by atoms with Crippen molar-refractivity contribution in [2.45, 2.75) is 24.0 Å². The molecule has 8 heteroatoms. The number of thioether (sulfide) groups is 1. The van der Waals surface area contributed by atoms with Crippen LogP contribution in [0.5, 0.6) is 0 Å². The molecule has 1 atom stereocenters. The first-order valence-corrected chi connectivity index (χ1v) is 12.7. The molecule has 34 heavy (non-hydrogen) atoms. The standard InChI is InChI=1S/C26H22ClN3O2S2/c1-16-6-3-4-9-22(16)25(32)28-20-7-5-8-21(14-20)34-17(2)24(31)30-26-29-23(15-33-26)18-10-12-19(27)13-11-18/h3-15,17H,1-2H3,(H,28,32)(H,29,30,31). The Kier molecular flexibility index (Phi) is 7.67. The summed E-state index contributed by atoms with van der Waals surface area (Å²) in [7, 11) is 0. The Morgan fingerprint density at radius 1 is 1.00 bits per heavy atom. The van der Waals surface area contributed by atoms with Crippen LogP contribution in [0.3, 0.4) is 0 Å². The van der Waals surface area contributed by atoms with E-state index in [1.807, 2.05) is 86.0 Å². The van der Waals surface area contributed by atoms with Crippen LogP contribution in [0.2, 0.25) is 5.02 Å². The number of aromatic nitrogens is 1. The van der Waals surface area contributed by atoms with Gasteiger partial charge in [0.25, 0.3) is 5.91 Å². The van der Waals surface area contributed by atoms with E-state index in [0.29, 0.717) is 21.4 Å². The van der Waals surface area contributed by atoms with Gasteiger partial charge in [0.05, 0.1) is 10.9 Å². The van der Waals surface area contributed by atoms with E-state index in [-0.39, 0.29) is 17.1 Å². The van der Waals surface area contributed by atoms with E-state index in [9.17, 15) is 9.59 Å². The molecule has 2 amide bonds. The second kappa shape index (κ2) is 10.9. The van der Waals surface area contributed by atoms with Gasteiger partial charge >= 0.3 is 0 Å². The molecule has 1 aromatic heterocycles. The third-order valence-electron chi connectivity index (χ3n) is 5.04. The summed E-state index contributed by atoms with van der Waals surface area (Å²) in [5, 5.41) is 8.57. The Bertz CT molecular complexity index is 1320. The summed E-state index contributed by atoms with van der Waals surface area (Å²) in [6.45, 7) is 3.74. The van der Waals surface area contributed by atoms with Crippen molar-refractivity contribution in [2.75, 3.05) is 10.6 Å². The zero-order valence-electron chi connectivity index (χ0n) is 18.5. The molecule has 0 spiro atoms. The van der Waals surface area contributed by atoms with Crippen LogP contribution in [0, 0.1) is 6.92 Å². The fourth-order valence-corrected chi connectivity index (χ4v) is 5.00. The first-order chi connectivity index (χ1) is 16.4. The quantitative estimate of drug-likeness (QED) is 0.261. The molecule has 4 rings (SSSR count). The van der Waals surface area contributed by atoms with Gasteiger partial charge in [0, 0.05) is 32.1 Å². The highest BCUT2D eigenvalue weighted by Crippen LogP contribution is 2.29. The zero-order chi connectivity index (χ0) is 24.1. The van der Waals surface area contributed by atoms with Crippen molar-refractivity contribution >= 4 is 57.3 Å². The highest BCUT2D eigenvalue weighted by Gasteiger charge is 2.17. The minimum atomic E-state index is -0.356. The van der Waals surface area contributed by atoms with Crippen molar-refractivity contribution in [3.8, 4) is 11.3 Å². The third-order valence-corrected chi connectivity index (χ3v) is 7.14. The van der Waals surface area contributed by atoms with Gasteiger partial charge in [-0.2, -0.15) is 0 Å². The monoisotopic (exact) mass is 507 g/mol. The molecular formula is C26H22ClN3O2S2. The Morgan fingerprint density at radius 3 is 2.53 bits per heavy atom. The first kappa shape index (κ1) is 24.0. The predicted molar refractivity (Wildman–Crippen MR) is 142 cm³/mol. The molecule has 1 heterocycles. The number of hydrogen-bond acceptors (Lipinski definition) is 5. The molecule has 0 radical (unpaired) electrons. The fraction of sp³-hybridized carbons (Fsp3) is 0.115. The average Bonchev–Trinajstić information content (AvgIpc) is 3.28. The maximum Gasteiger partial charge on any atom is 0.255 e. The van der Waals surface area contributed by atoms with E-state index in [1.54, 1.807) is 6.07 Å². The van der Waals surface area contributed by atoms with Crippen LogP contribution < -0.4 is 10.6 Å². The first-order valence-electron chi connectivity index (χ1n) is 10.5. The molecule has 0 saturated heterocycles. The summed E-state index contributed by atoms with van der Waals surface area (Å²) in [5.74, 6) is -0.303. The number of aryl methyl sites for hydroxylation is 1. The smallest absolute Gasteiger partial charge is 0.255 e. The van der Waals surface area contributed by atoms with Gasteiger partial charge in [0.15, 0.2) is 5.13 Å². The Balaban J connectivity index is 1.37. The molecule has 0 aliphatic heterocycles. The molecule has 1 unspecified atom stereocenters. The van der Waals surface area contributed by atoms with Crippen LogP contribution in [0.15, 0.2) is 83.1 Å². The molecule has 0 aliphatic carbocycles. The highest BCUT2D eigenvalue weighted by molar-refractivity contribution is 8.00. The number of nitrogens with zero attached hydrogens (tertiary/aromatic N) is 1. The van der Waals surface area contributed by atoms with E-state index in [4.69, 9.17) is 11.6 Å². The van der Waals surface area contributed by atoms with Gasteiger partial charge in [0.1, 0.15) is 0 Å². The van der Waals surface area contributed by atoms with Gasteiger partial charge in [-0.1, -0.05) is 48.0 Å². The fourth-order valence-electron chi connectivity index (χ4n) is 3.22. The number of amides is 2. The third kappa shape index (κ3) is 6.05. The lowest BCUT2D eigenvalue weighted by molar-refractivity contribution is -0.115. The highest BCUT2D eigenvalue weighted by atomic mass is 35.5. The number of nitrogens with one attached hydrogen (secondary N) is 2. The number of hydrogen-bond donors (Lipinski definition) is 2. The molecule has 0 saturated carbocycles. The van der Waals surface area contributed by atoms with Crippen molar-refractivity contribution < 1.29 is 9.59 Å². The molecule has 0 aliphatic rings. The van der Waals surface area contributed by atoms with E-state index < -0.39 is 0 Å². The number of benzene rings is 3. The summed E-state index contributed by atoms with van der Waals surface area (Å²) in [6.07, 6.45) is 0. The molecule has 0 fully saturated rings. The Hall–Kier alpha value is -3.13. The van der Waals surface area contributed by atoms with Crippen LogP contribution in [-0.2, 0) is 4.79 Å². The van der Waals surface area contributed by atoms with Crippen LogP contribution >= 0.6 is 34.7 Å². The maximum absolute atomic E-state index is 12.7. The molecule has 2 N–H and O–H groups in total. The van der Waals surface area contributed by atoms with Gasteiger partial charge in [-0.25, -0.2) is 4.98 Å². The predicted octanol–water partition coefficient (Wildman–Crippen LogP) is 7.14. The SMILES string of the molecule is Cc1ccccc1C(=O)Nc1cccc(SC(C)C(=O)Nc2nc(-c3ccc(Cl)cc3)cs2)c1. The Labute approximate surface area is 211 Å². The Morgan fingerprint density at radius 2 is 1.76 bits per heavy atom. The van der Waals surface area contributed by atoms with E-state index >= 15 is 0 Å². The average molecular weight is 508 g/mol. The molecule has 4 aromatic rings. The second-order valence-electron chi connectivity index (χ2n) is 7.59. The second-order valence-corrected chi connectivity index (χ2v) is 10.3. The number of halogens is 1. The van der Waals surface area contributed by atoms with Crippen LogP contribution in [0.1, 0.15) is 22.8 Å². The number of rotatable bonds is 7. The summed E-state index contributed by atoms with van der Waals surface area (Å²) in [4.78, 5) is 30.7. The minimum Gasteiger partial charge on any atom is -0.322 e. The number of carbonyl (C=O) groups is 2. The van der Waals surface area contributed by atoms with Gasteiger partial charge in [-0.15, -0.1) is 23.1 Å². The maximum atomic E-state index is 12.7. The lowest BCUT2D eigenvalue weighted by Gasteiger charge is -2.12. The lowest BCUT2D eigenvalue weighted by Crippen LogP contribution is -2.22. The van der Waals surface area contributed by atoms with Crippen molar-refractivity contribution in [3.63, 3.8) is 0 Å². The van der Waals surface area contributed by atoms with Crippen molar-refractivity contribution in [3.05, 3.63) is 94.3 Å². The summed E-state index contributed by atoms with van der Waals surface area (Å²) < 4.78 is 0. The van der Waals surface area contributed by atoms with Gasteiger partial charge in [-0.3, -0.25) is 9.59 Å². The largest absolute Gasteiger partial charge is 0.322 e. The normalized spacial score (nSPS) is 11.6. The molecule has 172 valence electrons. The number of carbonyl (C=O) groups excluding carboxylic acids is 2. The zero-order valence-corrected chi connectivity index (χ0v) is 20.9. The molecule has 0 bridgehead atoms. The molecular weight excluding hydrogens is 486 g/mol. The molecule has 5 nitrogen and oxygen atoms in total. The number of thiazole rings is 1. The van der Waals surface area contributed by atoms with Crippen LogP contribution in [-0.4, -0.2) is 22.0 Å². The molecule has 3 aromatic carbocycles. The topological polar surface area (TPSA) is 71.1 Å². The summed E-state index contributed by atoms with van der Waals surface area (Å²) >= 11 is 8.74. The van der Waals surface area contributed by atoms with Crippen LogP contribution in [0.4, 0.5) is 10.8 Å². The van der Waals surface area contributed by atoms with Crippen molar-refractivity contribution in [1.29, 1.82) is 0 Å². The summed E-state index contributed by atoms with van der Waals surface area (Å²) in [6, 6.07) is 22.3. The van der Waals surface area contributed by atoms with Gasteiger partial charge in [0.2, 0.25) is 5.91 Å². The lowest BCUT2D eigenvalue weighted by atomic mass is 10.1. The van der Waals surface area contributed by atoms with Crippen molar-refractivity contribution in [2.24, 2.45) is 0 Å². The van der Waals surface area contributed by atoms with Gasteiger partial charge < -0.3 is 10.6 Å². The van der Waals surface area contributed by atoms with E-state index in [0.717, 1.165) is 21.7 Å². The summed E-state index contributed by atoms with van der Waals surface area (Å²) in [5.41, 5.74) is 3.95. The number of anilines is 2. The van der Waals surface area contributed by atoms with E-state index in [2.05, 4.69) is 15.6 Å². The van der Waals surface area contributed by atoms with E-state index in [1.165, 1.54) is 23.1 Å². The van der Waals surface area contributed by atoms with Crippen LogP contribution in [0.25, 0.3) is 11.3 Å².